The van der Waals surface area contributed by atoms with Crippen molar-refractivity contribution in [3.63, 3.8) is 0 Å². The third-order valence-corrected chi connectivity index (χ3v) is 3.29. The van der Waals surface area contributed by atoms with Crippen molar-refractivity contribution in [1.29, 1.82) is 0 Å². The van der Waals surface area contributed by atoms with Crippen molar-refractivity contribution in [3.05, 3.63) is 34.9 Å². The van der Waals surface area contributed by atoms with E-state index in [2.05, 4.69) is 23.5 Å². The molecule has 0 fully saturated rings. The second-order valence-corrected chi connectivity index (χ2v) is 6.29. The minimum Gasteiger partial charge on any atom is -0.351 e. The summed E-state index contributed by atoms with van der Waals surface area (Å²) in [5.41, 5.74) is 3.91. The van der Waals surface area contributed by atoms with Crippen LogP contribution in [0.15, 0.2) is 18.2 Å². The molecule has 0 spiro atoms. The Morgan fingerprint density at radius 2 is 1.83 bits per heavy atom. The van der Waals surface area contributed by atoms with Crippen LogP contribution in [0.2, 0.25) is 0 Å². The first-order chi connectivity index (χ1) is 8.44. The molecule has 2 heteroatoms. The molecular formula is C16H23NO. The number of carbonyl (C=O) groups excluding carboxylic acids is 1. The van der Waals surface area contributed by atoms with Crippen molar-refractivity contribution in [3.8, 4) is 0 Å². The van der Waals surface area contributed by atoms with E-state index < -0.39 is 0 Å². The van der Waals surface area contributed by atoms with Crippen LogP contribution < -0.4 is 5.32 Å². The summed E-state index contributed by atoms with van der Waals surface area (Å²) in [6.07, 6.45) is 5.44. The molecule has 18 heavy (non-hydrogen) atoms. The zero-order valence-corrected chi connectivity index (χ0v) is 11.7. The maximum atomic E-state index is 11.9. The van der Waals surface area contributed by atoms with E-state index in [-0.39, 0.29) is 11.4 Å². The predicted octanol–water partition coefficient (Wildman–Crippen LogP) is 3.02. The van der Waals surface area contributed by atoms with Crippen molar-refractivity contribution in [2.75, 3.05) is 0 Å². The highest BCUT2D eigenvalue weighted by Crippen LogP contribution is 2.22. The van der Waals surface area contributed by atoms with Gasteiger partial charge < -0.3 is 5.32 Å². The van der Waals surface area contributed by atoms with E-state index >= 15 is 0 Å². The minimum atomic E-state index is -0.148. The third-order valence-electron chi connectivity index (χ3n) is 3.29. The Hall–Kier alpha value is -1.31. The van der Waals surface area contributed by atoms with Crippen LogP contribution in [0.3, 0.4) is 0 Å². The standard InChI is InChI=1S/C16H23NO/c1-16(2,3)17-15(18)11-12-8-9-13-6-4-5-7-14(13)10-12/h8-10H,4-7,11H2,1-3H3,(H,17,18). The van der Waals surface area contributed by atoms with Crippen LogP contribution in [-0.2, 0) is 24.1 Å². The van der Waals surface area contributed by atoms with Crippen LogP contribution in [0.1, 0.15) is 50.3 Å². The number of hydrogen-bond acceptors (Lipinski definition) is 1. The molecule has 1 N–H and O–H groups in total. The van der Waals surface area contributed by atoms with Crippen LogP contribution in [0.4, 0.5) is 0 Å². The molecule has 0 radical (unpaired) electrons. The quantitative estimate of drug-likeness (QED) is 0.852. The van der Waals surface area contributed by atoms with E-state index in [0.717, 1.165) is 5.56 Å². The van der Waals surface area contributed by atoms with Crippen molar-refractivity contribution < 1.29 is 4.79 Å². The van der Waals surface area contributed by atoms with Gasteiger partial charge in [-0.15, -0.1) is 0 Å². The maximum absolute atomic E-state index is 11.9. The fourth-order valence-electron chi connectivity index (χ4n) is 2.54. The molecule has 1 aliphatic carbocycles. The largest absolute Gasteiger partial charge is 0.351 e. The van der Waals surface area contributed by atoms with Crippen molar-refractivity contribution in [1.82, 2.24) is 5.32 Å². The molecular weight excluding hydrogens is 222 g/mol. The minimum absolute atomic E-state index is 0.109. The summed E-state index contributed by atoms with van der Waals surface area (Å²) in [7, 11) is 0. The number of aryl methyl sites for hydroxylation is 2. The molecule has 0 heterocycles. The molecule has 0 bridgehead atoms. The molecule has 2 rings (SSSR count). The Morgan fingerprint density at radius 1 is 1.17 bits per heavy atom. The highest BCUT2D eigenvalue weighted by atomic mass is 16.1. The Bertz CT molecular complexity index is 443. The lowest BCUT2D eigenvalue weighted by molar-refractivity contribution is -0.121. The number of amides is 1. The Morgan fingerprint density at radius 3 is 2.50 bits per heavy atom. The maximum Gasteiger partial charge on any atom is 0.224 e. The van der Waals surface area contributed by atoms with Crippen LogP contribution in [0.25, 0.3) is 0 Å². The molecule has 1 aromatic carbocycles. The summed E-state index contributed by atoms with van der Waals surface area (Å²) in [6.45, 7) is 6.03. The fraction of sp³-hybridized carbons (Fsp3) is 0.562. The molecule has 0 aliphatic heterocycles. The molecule has 0 aromatic heterocycles. The molecule has 0 unspecified atom stereocenters. The van der Waals surface area contributed by atoms with E-state index in [0.29, 0.717) is 6.42 Å². The molecule has 1 aliphatic rings. The molecule has 98 valence electrons. The summed E-state index contributed by atoms with van der Waals surface area (Å²) in [5.74, 6) is 0.109. The molecule has 0 atom stereocenters. The molecule has 0 saturated heterocycles. The fourth-order valence-corrected chi connectivity index (χ4v) is 2.54. The van der Waals surface area contributed by atoms with Gasteiger partial charge in [-0.2, -0.15) is 0 Å². The summed E-state index contributed by atoms with van der Waals surface area (Å²) in [6, 6.07) is 6.53. The van der Waals surface area contributed by atoms with Gasteiger partial charge in [-0.3, -0.25) is 4.79 Å². The summed E-state index contributed by atoms with van der Waals surface area (Å²) < 4.78 is 0. The van der Waals surface area contributed by atoms with Gasteiger partial charge in [-0.05, 0) is 63.1 Å². The summed E-state index contributed by atoms with van der Waals surface area (Å²) in [4.78, 5) is 11.9. The normalized spacial score (nSPS) is 15.1. The van der Waals surface area contributed by atoms with Gasteiger partial charge in [0.2, 0.25) is 5.91 Å². The second kappa shape index (κ2) is 5.13. The number of fused-ring (bicyclic) bond motifs is 1. The van der Waals surface area contributed by atoms with Gasteiger partial charge in [0, 0.05) is 5.54 Å². The molecule has 1 aromatic rings. The number of carbonyl (C=O) groups is 1. The Kier molecular flexibility index (Phi) is 3.74. The van der Waals surface area contributed by atoms with E-state index in [4.69, 9.17) is 0 Å². The first kappa shape index (κ1) is 13.1. The average molecular weight is 245 g/mol. The average Bonchev–Trinajstić information content (AvgIpc) is 2.26. The van der Waals surface area contributed by atoms with Crippen LogP contribution >= 0.6 is 0 Å². The van der Waals surface area contributed by atoms with Gasteiger partial charge in [0.05, 0.1) is 6.42 Å². The monoisotopic (exact) mass is 245 g/mol. The topological polar surface area (TPSA) is 29.1 Å². The lowest BCUT2D eigenvalue weighted by Gasteiger charge is -2.21. The summed E-state index contributed by atoms with van der Waals surface area (Å²) in [5, 5.41) is 3.01. The molecule has 2 nitrogen and oxygen atoms in total. The highest BCUT2D eigenvalue weighted by molar-refractivity contribution is 5.79. The van der Waals surface area contributed by atoms with E-state index in [1.807, 2.05) is 20.8 Å². The third kappa shape index (κ3) is 3.59. The molecule has 1 amide bonds. The number of rotatable bonds is 2. The number of benzene rings is 1. The van der Waals surface area contributed by atoms with Crippen molar-refractivity contribution in [2.24, 2.45) is 0 Å². The first-order valence-corrected chi connectivity index (χ1v) is 6.86. The van der Waals surface area contributed by atoms with Crippen molar-refractivity contribution in [2.45, 2.75) is 58.4 Å². The van der Waals surface area contributed by atoms with Crippen LogP contribution in [0.5, 0.6) is 0 Å². The Balaban J connectivity index is 2.04. The van der Waals surface area contributed by atoms with E-state index in [1.54, 1.807) is 0 Å². The zero-order valence-electron chi connectivity index (χ0n) is 11.7. The van der Waals surface area contributed by atoms with Crippen molar-refractivity contribution >= 4 is 5.91 Å². The number of nitrogens with one attached hydrogen (secondary N) is 1. The predicted molar refractivity (Wildman–Crippen MR) is 74.7 cm³/mol. The van der Waals surface area contributed by atoms with Gasteiger partial charge in [0.1, 0.15) is 0 Å². The van der Waals surface area contributed by atoms with Gasteiger partial charge >= 0.3 is 0 Å². The van der Waals surface area contributed by atoms with Gasteiger partial charge in [0.15, 0.2) is 0 Å². The Labute approximate surface area is 110 Å². The van der Waals surface area contributed by atoms with Gasteiger partial charge in [-0.1, -0.05) is 18.2 Å². The van der Waals surface area contributed by atoms with E-state index in [9.17, 15) is 4.79 Å². The highest BCUT2D eigenvalue weighted by Gasteiger charge is 2.15. The van der Waals surface area contributed by atoms with Gasteiger partial charge in [0.25, 0.3) is 0 Å². The lowest BCUT2D eigenvalue weighted by atomic mass is 9.90. The van der Waals surface area contributed by atoms with Crippen LogP contribution in [0, 0.1) is 0 Å². The first-order valence-electron chi connectivity index (χ1n) is 6.86. The SMILES string of the molecule is CC(C)(C)NC(=O)Cc1ccc2c(c1)CCCC2. The number of hydrogen-bond donors (Lipinski definition) is 1. The second-order valence-electron chi connectivity index (χ2n) is 6.29. The summed E-state index contributed by atoms with van der Waals surface area (Å²) >= 11 is 0. The smallest absolute Gasteiger partial charge is 0.224 e. The van der Waals surface area contributed by atoms with Gasteiger partial charge in [-0.25, -0.2) is 0 Å². The lowest BCUT2D eigenvalue weighted by Crippen LogP contribution is -2.41. The van der Waals surface area contributed by atoms with E-state index in [1.165, 1.54) is 36.8 Å². The van der Waals surface area contributed by atoms with Crippen LogP contribution in [-0.4, -0.2) is 11.4 Å². The molecule has 0 saturated carbocycles. The zero-order chi connectivity index (χ0) is 13.2.